The average Bonchev–Trinajstić information content (AvgIpc) is 3.15. The van der Waals surface area contributed by atoms with Crippen molar-refractivity contribution in [3.63, 3.8) is 0 Å². The largest absolute Gasteiger partial charge is 0.362 e. The average molecular weight is 421 g/mol. The van der Waals surface area contributed by atoms with Gasteiger partial charge in [-0.3, -0.25) is 4.79 Å². The molecule has 3 rings (SSSR count). The number of hydrogen-bond acceptors (Lipinski definition) is 5. The summed E-state index contributed by atoms with van der Waals surface area (Å²) >= 11 is 1.76. The molecule has 2 unspecified atom stereocenters. The molecule has 1 aliphatic heterocycles. The topological polar surface area (TPSA) is 57.3 Å². The van der Waals surface area contributed by atoms with Gasteiger partial charge in [0.05, 0.1) is 11.6 Å². The summed E-state index contributed by atoms with van der Waals surface area (Å²) in [5.74, 6) is 0.122. The second kappa shape index (κ2) is 11.9. The van der Waals surface area contributed by atoms with E-state index in [0.717, 1.165) is 56.1 Å². The van der Waals surface area contributed by atoms with Crippen LogP contribution in [0.4, 0.5) is 5.13 Å². The molecule has 6 heteroatoms. The molecule has 29 heavy (non-hydrogen) atoms. The van der Waals surface area contributed by atoms with E-state index in [2.05, 4.69) is 29.4 Å². The predicted molar refractivity (Wildman–Crippen MR) is 123 cm³/mol. The van der Waals surface area contributed by atoms with Crippen molar-refractivity contribution in [2.24, 2.45) is 0 Å². The lowest BCUT2D eigenvalue weighted by atomic mass is 9.90. The van der Waals surface area contributed by atoms with E-state index in [1.54, 1.807) is 11.3 Å². The Bertz CT molecular complexity index is 632. The molecule has 1 fully saturated rings. The number of nitrogens with one attached hydrogen (secondary N) is 2. The van der Waals surface area contributed by atoms with E-state index in [-0.39, 0.29) is 11.8 Å². The molecule has 0 radical (unpaired) electrons. The molecule has 2 heterocycles. The normalized spacial score (nSPS) is 22.3. The summed E-state index contributed by atoms with van der Waals surface area (Å²) in [7, 11) is 0. The molecular weight excluding hydrogens is 380 g/mol. The number of fused-ring (bicyclic) bond motifs is 1. The van der Waals surface area contributed by atoms with Crippen LogP contribution >= 0.6 is 11.3 Å². The zero-order chi connectivity index (χ0) is 20.5. The fraction of sp³-hybridized carbons (Fsp3) is 0.826. The second-order valence-corrected chi connectivity index (χ2v) is 9.87. The molecule has 1 aliphatic carbocycles. The number of carbonyl (C=O) groups is 1. The second-order valence-electron chi connectivity index (χ2n) is 8.79. The van der Waals surface area contributed by atoms with Crippen LogP contribution in [0.3, 0.4) is 0 Å². The van der Waals surface area contributed by atoms with E-state index < -0.39 is 0 Å². The van der Waals surface area contributed by atoms with Gasteiger partial charge in [0.2, 0.25) is 5.91 Å². The molecular formula is C23H40N4OS. The van der Waals surface area contributed by atoms with Crippen molar-refractivity contribution in [1.29, 1.82) is 0 Å². The highest BCUT2D eigenvalue weighted by molar-refractivity contribution is 7.15. The van der Waals surface area contributed by atoms with E-state index in [0.29, 0.717) is 6.04 Å². The number of carbonyl (C=O) groups excluding carboxylic acids is 1. The molecule has 2 aliphatic rings. The zero-order valence-corrected chi connectivity index (χ0v) is 19.3. The predicted octanol–water partition coefficient (Wildman–Crippen LogP) is 4.94. The number of rotatable bonds is 11. The molecule has 1 saturated heterocycles. The molecule has 0 aromatic carbocycles. The minimum atomic E-state index is -0.0560. The maximum Gasteiger partial charge on any atom is 0.229 e. The Morgan fingerprint density at radius 3 is 2.86 bits per heavy atom. The summed E-state index contributed by atoms with van der Waals surface area (Å²) in [6.07, 6.45) is 13.2. The first kappa shape index (κ1) is 22.5. The monoisotopic (exact) mass is 420 g/mol. The Morgan fingerprint density at radius 2 is 2.03 bits per heavy atom. The van der Waals surface area contributed by atoms with Crippen molar-refractivity contribution in [2.75, 3.05) is 31.5 Å². The fourth-order valence-corrected chi connectivity index (χ4v) is 5.69. The Labute approximate surface area is 181 Å². The molecule has 5 nitrogen and oxygen atoms in total. The summed E-state index contributed by atoms with van der Waals surface area (Å²) in [6.45, 7) is 8.65. The standard InChI is InChI=1S/C23H40N4OS/c1-3-4-5-7-14-25-23-26-21-19(12-9-13-20(21)29-23)22(28)24-15-10-17-27-16-8-6-11-18(27)2/h18-19H,3-17H2,1-2H3,(H,24,28)(H,25,26). The van der Waals surface area contributed by atoms with Gasteiger partial charge in [-0.2, -0.15) is 0 Å². The fourth-order valence-electron chi connectivity index (χ4n) is 4.60. The first-order valence-electron chi connectivity index (χ1n) is 11.9. The number of thiazole rings is 1. The van der Waals surface area contributed by atoms with Crippen LogP contribution in [-0.2, 0) is 11.2 Å². The van der Waals surface area contributed by atoms with Gasteiger partial charge in [0.1, 0.15) is 0 Å². The number of hydrogen-bond donors (Lipinski definition) is 2. The van der Waals surface area contributed by atoms with E-state index in [1.807, 2.05) is 0 Å². The van der Waals surface area contributed by atoms with Crippen LogP contribution in [0.5, 0.6) is 0 Å². The number of piperidine rings is 1. The third-order valence-electron chi connectivity index (χ3n) is 6.44. The molecule has 1 aromatic rings. The van der Waals surface area contributed by atoms with Crippen LogP contribution < -0.4 is 10.6 Å². The van der Waals surface area contributed by atoms with Crippen LogP contribution in [-0.4, -0.2) is 48.0 Å². The number of anilines is 1. The van der Waals surface area contributed by atoms with Gasteiger partial charge in [0, 0.05) is 30.6 Å². The highest BCUT2D eigenvalue weighted by atomic mass is 32.1. The van der Waals surface area contributed by atoms with Gasteiger partial charge in [0.15, 0.2) is 5.13 Å². The summed E-state index contributed by atoms with van der Waals surface area (Å²) in [5.41, 5.74) is 1.04. The van der Waals surface area contributed by atoms with Gasteiger partial charge in [-0.15, -0.1) is 11.3 Å². The minimum absolute atomic E-state index is 0.0560. The number of likely N-dealkylation sites (tertiary alicyclic amines) is 1. The van der Waals surface area contributed by atoms with Crippen LogP contribution in [0.1, 0.15) is 94.5 Å². The Kier molecular flexibility index (Phi) is 9.25. The minimum Gasteiger partial charge on any atom is -0.362 e. The molecule has 0 bridgehead atoms. The van der Waals surface area contributed by atoms with E-state index in [1.165, 1.54) is 56.4 Å². The first-order chi connectivity index (χ1) is 14.2. The third-order valence-corrected chi connectivity index (χ3v) is 7.53. The highest BCUT2D eigenvalue weighted by Crippen LogP contribution is 2.36. The highest BCUT2D eigenvalue weighted by Gasteiger charge is 2.30. The molecule has 1 amide bonds. The van der Waals surface area contributed by atoms with Crippen LogP contribution in [0.2, 0.25) is 0 Å². The lowest BCUT2D eigenvalue weighted by Gasteiger charge is -2.33. The maximum atomic E-state index is 12.8. The van der Waals surface area contributed by atoms with E-state index >= 15 is 0 Å². The molecule has 0 spiro atoms. The Morgan fingerprint density at radius 1 is 1.14 bits per heavy atom. The Balaban J connectivity index is 1.43. The number of aryl methyl sites for hydroxylation is 1. The lowest BCUT2D eigenvalue weighted by Crippen LogP contribution is -2.39. The quantitative estimate of drug-likeness (QED) is 0.498. The van der Waals surface area contributed by atoms with E-state index in [4.69, 9.17) is 4.98 Å². The van der Waals surface area contributed by atoms with Crippen LogP contribution in [0.25, 0.3) is 0 Å². The molecule has 0 saturated carbocycles. The maximum absolute atomic E-state index is 12.8. The summed E-state index contributed by atoms with van der Waals surface area (Å²) < 4.78 is 0. The first-order valence-corrected chi connectivity index (χ1v) is 12.8. The number of amides is 1. The van der Waals surface area contributed by atoms with Gasteiger partial charge in [-0.25, -0.2) is 4.98 Å². The molecule has 1 aromatic heterocycles. The van der Waals surface area contributed by atoms with Gasteiger partial charge in [-0.1, -0.05) is 32.6 Å². The molecule has 2 atom stereocenters. The van der Waals surface area contributed by atoms with Gasteiger partial charge in [0.25, 0.3) is 0 Å². The number of nitrogens with zero attached hydrogens (tertiary/aromatic N) is 2. The van der Waals surface area contributed by atoms with E-state index in [9.17, 15) is 4.79 Å². The van der Waals surface area contributed by atoms with Crippen molar-refractivity contribution >= 4 is 22.4 Å². The van der Waals surface area contributed by atoms with Crippen LogP contribution in [0.15, 0.2) is 0 Å². The molecule has 2 N–H and O–H groups in total. The summed E-state index contributed by atoms with van der Waals surface area (Å²) in [6, 6.07) is 0.697. The van der Waals surface area contributed by atoms with Crippen LogP contribution in [0, 0.1) is 0 Å². The summed E-state index contributed by atoms with van der Waals surface area (Å²) in [4.78, 5) is 21.5. The zero-order valence-electron chi connectivity index (χ0n) is 18.5. The van der Waals surface area contributed by atoms with Gasteiger partial charge >= 0.3 is 0 Å². The van der Waals surface area contributed by atoms with Gasteiger partial charge < -0.3 is 15.5 Å². The SMILES string of the molecule is CCCCCCNc1nc2c(s1)CCCC2C(=O)NCCCN1CCCCC1C. The smallest absolute Gasteiger partial charge is 0.229 e. The van der Waals surface area contributed by atoms with Crippen molar-refractivity contribution in [3.8, 4) is 0 Å². The van der Waals surface area contributed by atoms with Crippen molar-refractivity contribution < 1.29 is 4.79 Å². The Hall–Kier alpha value is -1.14. The summed E-state index contributed by atoms with van der Waals surface area (Å²) in [5, 5.41) is 7.69. The lowest BCUT2D eigenvalue weighted by molar-refractivity contribution is -0.122. The third kappa shape index (κ3) is 6.68. The van der Waals surface area contributed by atoms with Crippen molar-refractivity contribution in [1.82, 2.24) is 15.2 Å². The van der Waals surface area contributed by atoms with Crippen molar-refractivity contribution in [3.05, 3.63) is 10.6 Å². The van der Waals surface area contributed by atoms with Gasteiger partial charge in [-0.05, 0) is 58.4 Å². The molecule has 164 valence electrons. The number of unbranched alkanes of at least 4 members (excludes halogenated alkanes) is 3. The van der Waals surface area contributed by atoms with Crippen molar-refractivity contribution in [2.45, 2.75) is 96.4 Å². The number of aromatic nitrogens is 1.